The minimum atomic E-state index is 0.672. The molecule has 1 aliphatic heterocycles. The van der Waals surface area contributed by atoms with Gasteiger partial charge in [-0.2, -0.15) is 0 Å². The van der Waals surface area contributed by atoms with Gasteiger partial charge in [-0.1, -0.05) is 25.1 Å². The average Bonchev–Trinajstić information content (AvgIpc) is 2.44. The molecule has 0 saturated heterocycles. The number of nitrogens with two attached hydrogens (primary N) is 1. The molecule has 2 atom stereocenters. The molecule has 0 amide bonds. The summed E-state index contributed by atoms with van der Waals surface area (Å²) < 4.78 is 0. The third-order valence-electron chi connectivity index (χ3n) is 2.68. The van der Waals surface area contributed by atoms with Crippen LogP contribution in [0.3, 0.4) is 0 Å². The van der Waals surface area contributed by atoms with Gasteiger partial charge in [0.25, 0.3) is 0 Å². The molecule has 2 heteroatoms. The van der Waals surface area contributed by atoms with E-state index in [0.717, 1.165) is 13.0 Å². The first-order chi connectivity index (χ1) is 6.33. The van der Waals surface area contributed by atoms with Gasteiger partial charge >= 0.3 is 0 Å². The molecule has 0 aliphatic carbocycles. The number of fused-ring (bicyclic) bond motifs is 1. The van der Waals surface area contributed by atoms with Gasteiger partial charge in [0, 0.05) is 10.1 Å². The molecule has 0 spiro atoms. The Morgan fingerprint density at radius 3 is 2.92 bits per heavy atom. The summed E-state index contributed by atoms with van der Waals surface area (Å²) in [6, 6.07) is 8.70. The van der Waals surface area contributed by atoms with Gasteiger partial charge in [-0.05, 0) is 30.5 Å². The van der Waals surface area contributed by atoms with Gasteiger partial charge in [0.2, 0.25) is 0 Å². The first kappa shape index (κ1) is 9.10. The Bertz CT molecular complexity index is 298. The summed E-state index contributed by atoms with van der Waals surface area (Å²) in [6.07, 6.45) is 1.12. The van der Waals surface area contributed by atoms with Crippen molar-refractivity contribution in [1.82, 2.24) is 0 Å². The number of hydrogen-bond acceptors (Lipinski definition) is 2. The zero-order chi connectivity index (χ0) is 9.26. The Labute approximate surface area is 83.7 Å². The van der Waals surface area contributed by atoms with Crippen molar-refractivity contribution in [1.29, 1.82) is 0 Å². The van der Waals surface area contributed by atoms with E-state index in [9.17, 15) is 0 Å². The number of rotatable bonds is 2. The molecule has 0 saturated carbocycles. The fourth-order valence-corrected chi connectivity index (χ4v) is 3.36. The molecule has 2 rings (SSSR count). The van der Waals surface area contributed by atoms with E-state index in [1.807, 2.05) is 11.8 Å². The highest BCUT2D eigenvalue weighted by Crippen LogP contribution is 2.46. The monoisotopic (exact) mass is 193 g/mol. The Morgan fingerprint density at radius 2 is 2.15 bits per heavy atom. The number of thioether (sulfide) groups is 1. The molecule has 1 aromatic carbocycles. The van der Waals surface area contributed by atoms with Gasteiger partial charge in [0.15, 0.2) is 0 Å². The zero-order valence-corrected chi connectivity index (χ0v) is 8.68. The van der Waals surface area contributed by atoms with Gasteiger partial charge in [-0.3, -0.25) is 0 Å². The van der Waals surface area contributed by atoms with Crippen molar-refractivity contribution in [2.75, 3.05) is 6.54 Å². The molecule has 0 radical (unpaired) electrons. The highest BCUT2D eigenvalue weighted by molar-refractivity contribution is 8.00. The molecule has 1 heterocycles. The van der Waals surface area contributed by atoms with E-state index < -0.39 is 0 Å². The first-order valence-electron chi connectivity index (χ1n) is 4.78. The van der Waals surface area contributed by atoms with Gasteiger partial charge < -0.3 is 5.73 Å². The highest BCUT2D eigenvalue weighted by atomic mass is 32.2. The second-order valence-electron chi connectivity index (χ2n) is 3.54. The minimum Gasteiger partial charge on any atom is -0.330 e. The maximum absolute atomic E-state index is 5.62. The number of benzene rings is 1. The van der Waals surface area contributed by atoms with Crippen LogP contribution in [0.25, 0.3) is 0 Å². The molecule has 13 heavy (non-hydrogen) atoms. The quantitative estimate of drug-likeness (QED) is 0.781. The van der Waals surface area contributed by atoms with E-state index in [-0.39, 0.29) is 0 Å². The maximum atomic E-state index is 5.62. The summed E-state index contributed by atoms with van der Waals surface area (Å²) in [7, 11) is 0. The average molecular weight is 193 g/mol. The van der Waals surface area contributed by atoms with Crippen LogP contribution in [0.1, 0.15) is 24.8 Å². The standard InChI is InChI=1S/C11H15NS/c1-8-9(6-7-12)10-4-2-3-5-11(10)13-8/h2-5,8-9H,6-7,12H2,1H3. The summed E-state index contributed by atoms with van der Waals surface area (Å²) in [5.74, 6) is 0.672. The molecule has 1 aromatic rings. The van der Waals surface area contributed by atoms with Crippen molar-refractivity contribution in [2.24, 2.45) is 5.73 Å². The van der Waals surface area contributed by atoms with E-state index >= 15 is 0 Å². The van der Waals surface area contributed by atoms with E-state index in [0.29, 0.717) is 11.2 Å². The molecule has 70 valence electrons. The van der Waals surface area contributed by atoms with Crippen LogP contribution in [0.4, 0.5) is 0 Å². The molecule has 2 N–H and O–H groups in total. The van der Waals surface area contributed by atoms with E-state index in [2.05, 4.69) is 31.2 Å². The van der Waals surface area contributed by atoms with E-state index in [1.165, 1.54) is 10.5 Å². The van der Waals surface area contributed by atoms with Crippen molar-refractivity contribution in [3.05, 3.63) is 29.8 Å². The van der Waals surface area contributed by atoms with Crippen LogP contribution in [0.5, 0.6) is 0 Å². The fraction of sp³-hybridized carbons (Fsp3) is 0.455. The summed E-state index contributed by atoms with van der Waals surface area (Å²) in [6.45, 7) is 3.09. The SMILES string of the molecule is CC1Sc2ccccc2C1CCN. The summed E-state index contributed by atoms with van der Waals surface area (Å²) >= 11 is 1.98. The van der Waals surface area contributed by atoms with Crippen molar-refractivity contribution < 1.29 is 0 Å². The lowest BCUT2D eigenvalue weighted by Crippen LogP contribution is -2.11. The Balaban J connectivity index is 2.29. The predicted molar refractivity (Wildman–Crippen MR) is 58.2 cm³/mol. The number of hydrogen-bond donors (Lipinski definition) is 1. The molecule has 1 aliphatic rings. The largest absolute Gasteiger partial charge is 0.330 e. The van der Waals surface area contributed by atoms with Crippen LogP contribution in [-0.4, -0.2) is 11.8 Å². The molecule has 0 aromatic heterocycles. The smallest absolute Gasteiger partial charge is 0.0136 e. The topological polar surface area (TPSA) is 26.0 Å². The van der Waals surface area contributed by atoms with Crippen LogP contribution < -0.4 is 5.73 Å². The fourth-order valence-electron chi connectivity index (χ4n) is 2.00. The molecule has 1 nitrogen and oxygen atoms in total. The van der Waals surface area contributed by atoms with Crippen LogP contribution in [0.2, 0.25) is 0 Å². The lowest BCUT2D eigenvalue weighted by atomic mass is 9.93. The lowest BCUT2D eigenvalue weighted by molar-refractivity contribution is 0.633. The Morgan fingerprint density at radius 1 is 1.38 bits per heavy atom. The second-order valence-corrected chi connectivity index (χ2v) is 4.96. The molecular weight excluding hydrogens is 178 g/mol. The van der Waals surface area contributed by atoms with Gasteiger partial charge in [0.05, 0.1) is 0 Å². The van der Waals surface area contributed by atoms with Crippen molar-refractivity contribution in [3.8, 4) is 0 Å². The van der Waals surface area contributed by atoms with Crippen molar-refractivity contribution >= 4 is 11.8 Å². The lowest BCUT2D eigenvalue weighted by Gasteiger charge is -2.13. The summed E-state index contributed by atoms with van der Waals surface area (Å²) in [4.78, 5) is 1.45. The molecular formula is C11H15NS. The van der Waals surface area contributed by atoms with Gasteiger partial charge in [-0.25, -0.2) is 0 Å². The van der Waals surface area contributed by atoms with E-state index in [1.54, 1.807) is 0 Å². The maximum Gasteiger partial charge on any atom is 0.0136 e. The van der Waals surface area contributed by atoms with Crippen LogP contribution in [-0.2, 0) is 0 Å². The Hall–Kier alpha value is -0.470. The van der Waals surface area contributed by atoms with Crippen molar-refractivity contribution in [3.63, 3.8) is 0 Å². The van der Waals surface area contributed by atoms with E-state index in [4.69, 9.17) is 5.73 Å². The predicted octanol–water partition coefficient (Wildman–Crippen LogP) is 2.61. The highest BCUT2D eigenvalue weighted by Gasteiger charge is 2.28. The zero-order valence-electron chi connectivity index (χ0n) is 7.86. The van der Waals surface area contributed by atoms with Crippen molar-refractivity contribution in [2.45, 2.75) is 29.4 Å². The third kappa shape index (κ3) is 1.61. The molecule has 0 bridgehead atoms. The normalized spacial score (nSPS) is 26.0. The minimum absolute atomic E-state index is 0.672. The first-order valence-corrected chi connectivity index (χ1v) is 5.66. The van der Waals surface area contributed by atoms with Crippen LogP contribution in [0, 0.1) is 0 Å². The summed E-state index contributed by atoms with van der Waals surface area (Å²) in [5, 5.41) is 0.695. The van der Waals surface area contributed by atoms with Crippen LogP contribution in [0.15, 0.2) is 29.2 Å². The Kier molecular flexibility index (Phi) is 2.61. The van der Waals surface area contributed by atoms with Gasteiger partial charge in [-0.15, -0.1) is 11.8 Å². The molecule has 2 unspecified atom stereocenters. The third-order valence-corrected chi connectivity index (χ3v) is 4.00. The molecule has 0 fully saturated rings. The second kappa shape index (κ2) is 3.72. The van der Waals surface area contributed by atoms with Gasteiger partial charge in [0.1, 0.15) is 0 Å². The summed E-state index contributed by atoms with van der Waals surface area (Å²) in [5.41, 5.74) is 7.12. The van der Waals surface area contributed by atoms with Crippen LogP contribution >= 0.6 is 11.8 Å².